The van der Waals surface area contributed by atoms with Gasteiger partial charge in [-0.15, -0.1) is 0 Å². The Morgan fingerprint density at radius 3 is 2.61 bits per heavy atom. The molecule has 16 N–H and O–H groups in total. The van der Waals surface area contributed by atoms with Crippen LogP contribution in [0.1, 0.15) is 32.1 Å². The zero-order valence-corrected chi connectivity index (χ0v) is 44.0. The number of nitrogens with two attached hydrogens (primary N) is 2. The highest BCUT2D eigenvalue weighted by atomic mass is 33.1. The van der Waals surface area contributed by atoms with Gasteiger partial charge in [-0.1, -0.05) is 67.5 Å². The number of aliphatic imine (C=N–C) groups is 2. The summed E-state index contributed by atoms with van der Waals surface area (Å²) in [4.78, 5) is 38.7. The molecular formula is C46H70N8O16S4. The van der Waals surface area contributed by atoms with E-state index in [1.807, 2.05) is 6.08 Å². The predicted molar refractivity (Wildman–Crippen MR) is 278 cm³/mol. The van der Waals surface area contributed by atoms with E-state index in [1.54, 1.807) is 44.7 Å². The third kappa shape index (κ3) is 13.9. The van der Waals surface area contributed by atoms with E-state index in [1.165, 1.54) is 41.1 Å². The van der Waals surface area contributed by atoms with E-state index in [9.17, 15) is 55.5 Å². The van der Waals surface area contributed by atoms with Crippen LogP contribution in [0.2, 0.25) is 0 Å². The van der Waals surface area contributed by atoms with Crippen LogP contribution in [0.25, 0.3) is 0 Å². The Bertz CT molecular complexity index is 2150. The van der Waals surface area contributed by atoms with Crippen LogP contribution < -0.4 is 27.4 Å². The molecule has 1 aliphatic carbocycles. The van der Waals surface area contributed by atoms with Gasteiger partial charge >= 0.3 is 11.9 Å². The van der Waals surface area contributed by atoms with E-state index in [-0.39, 0.29) is 85.3 Å². The number of carboxylic acids is 1. The fourth-order valence-corrected chi connectivity index (χ4v) is 16.8. The fraction of sp³-hybridized carbons (Fsp3) is 0.696. The molecule has 7 rings (SSSR count). The summed E-state index contributed by atoms with van der Waals surface area (Å²) >= 11 is 0. The molecule has 0 aromatic heterocycles. The number of rotatable bonds is 16. The lowest BCUT2D eigenvalue weighted by Gasteiger charge is -2.48. The summed E-state index contributed by atoms with van der Waals surface area (Å²) < 4.78 is 30.9. The van der Waals surface area contributed by atoms with Gasteiger partial charge in [-0.2, -0.15) is 0 Å². The van der Waals surface area contributed by atoms with E-state index in [2.05, 4.69) is 25.9 Å². The van der Waals surface area contributed by atoms with Gasteiger partial charge in [0.2, 0.25) is 12.1 Å². The minimum absolute atomic E-state index is 0.00904. The Hall–Kier alpha value is -3.30. The quantitative estimate of drug-likeness (QED) is 0.0151. The number of nitrogens with one attached hydrogen (secondary N) is 3. The Balaban J connectivity index is 1.42. The first kappa shape index (κ1) is 58.4. The number of esters is 1. The van der Waals surface area contributed by atoms with Crippen LogP contribution in [0.15, 0.2) is 69.2 Å². The van der Waals surface area contributed by atoms with Crippen molar-refractivity contribution in [3.05, 3.63) is 59.2 Å². The van der Waals surface area contributed by atoms with Gasteiger partial charge in [-0.05, 0) is 50.6 Å². The van der Waals surface area contributed by atoms with Crippen LogP contribution in [0.5, 0.6) is 0 Å². The highest BCUT2D eigenvalue weighted by Crippen LogP contribution is 2.48. The van der Waals surface area contributed by atoms with Crippen LogP contribution in [0.4, 0.5) is 0 Å². The first-order chi connectivity index (χ1) is 35.6. The third-order valence-electron chi connectivity index (χ3n) is 14.0. The second-order valence-corrected chi connectivity index (χ2v) is 24.0. The van der Waals surface area contributed by atoms with Gasteiger partial charge in [0.05, 0.1) is 60.1 Å². The van der Waals surface area contributed by atoms with Crippen molar-refractivity contribution in [2.24, 2.45) is 45.1 Å². The zero-order chi connectivity index (χ0) is 53.1. The van der Waals surface area contributed by atoms with Gasteiger partial charge in [0, 0.05) is 73.7 Å². The van der Waals surface area contributed by atoms with Crippen molar-refractivity contribution in [2.45, 2.75) is 104 Å². The van der Waals surface area contributed by atoms with Crippen molar-refractivity contribution < 1.29 is 79.2 Å². The number of hydrogen-bond acceptors (Lipinski definition) is 25. The summed E-state index contributed by atoms with van der Waals surface area (Å²) in [6.07, 6.45) is 1.39. The number of aliphatic hydroxyl groups is 8. The molecular weight excluding hydrogens is 1050 g/mol. The molecule has 414 valence electrons. The van der Waals surface area contributed by atoms with Crippen molar-refractivity contribution in [3.8, 4) is 0 Å². The molecule has 4 bridgehead atoms. The maximum absolute atomic E-state index is 14.8. The van der Waals surface area contributed by atoms with Crippen LogP contribution in [-0.4, -0.2) is 218 Å². The molecule has 0 aromatic rings. The minimum Gasteiger partial charge on any atom is -0.478 e. The molecule has 0 spiro atoms. The molecule has 0 unspecified atom stereocenters. The largest absolute Gasteiger partial charge is 0.478 e. The number of aliphatic carboxylic acids is 1. The molecule has 0 amide bonds. The number of nitrogens with zero attached hydrogens (tertiary/aromatic N) is 3. The molecule has 74 heavy (non-hydrogen) atoms. The maximum atomic E-state index is 14.8. The van der Waals surface area contributed by atoms with Gasteiger partial charge in [0.15, 0.2) is 24.3 Å². The smallest absolute Gasteiger partial charge is 0.339 e. The lowest BCUT2D eigenvalue weighted by molar-refractivity contribution is -0.416. The molecule has 2 fully saturated rings. The van der Waals surface area contributed by atoms with Crippen LogP contribution >= 0.6 is 43.2 Å². The number of hydrogen-bond donors (Lipinski definition) is 14. The second kappa shape index (κ2) is 27.3. The van der Waals surface area contributed by atoms with Gasteiger partial charge in [-0.3, -0.25) is 15.3 Å². The molecule has 15 atom stereocenters. The summed E-state index contributed by atoms with van der Waals surface area (Å²) in [5.41, 5.74) is 12.8. The Morgan fingerprint density at radius 1 is 1.09 bits per heavy atom. The van der Waals surface area contributed by atoms with Gasteiger partial charge in [-0.25, -0.2) is 9.59 Å². The molecule has 6 heterocycles. The lowest BCUT2D eigenvalue weighted by Crippen LogP contribution is -2.69. The van der Waals surface area contributed by atoms with Gasteiger partial charge < -0.3 is 96.6 Å². The normalized spacial score (nSPS) is 35.7. The number of guanidine groups is 2. The van der Waals surface area contributed by atoms with Crippen molar-refractivity contribution in [1.82, 2.24) is 20.9 Å². The van der Waals surface area contributed by atoms with Crippen LogP contribution in [-0.2, 0) is 33.3 Å². The first-order valence-corrected chi connectivity index (χ1v) is 29.3. The summed E-state index contributed by atoms with van der Waals surface area (Å²) in [5, 5.41) is 105. The van der Waals surface area contributed by atoms with E-state index in [0.29, 0.717) is 55.3 Å². The molecule has 7 aliphatic rings. The van der Waals surface area contributed by atoms with E-state index in [0.717, 1.165) is 0 Å². The molecule has 6 aliphatic heterocycles. The predicted octanol–water partition coefficient (Wildman–Crippen LogP) is -2.02. The highest BCUT2D eigenvalue weighted by Gasteiger charge is 2.58. The summed E-state index contributed by atoms with van der Waals surface area (Å²) in [7, 11) is 7.64. The van der Waals surface area contributed by atoms with Gasteiger partial charge in [0.25, 0.3) is 0 Å². The number of carboxylic acid groups (broad SMARTS) is 1. The zero-order valence-electron chi connectivity index (χ0n) is 40.7. The molecule has 0 radical (unpaired) electrons. The molecule has 1 saturated carbocycles. The standard InChI is InChI=1S/C46H70N8O16S4/c1-49-35(20-59)69-39-43(68-33(19-58)38(60)46(39,64)65)70-42-27-4-2-13-71-73-34(14-25-9-11-51-44(47)52-25)37-31(18-57)54-15-23(36(28(16-54)40(61)62)53-45(48)50-10-3-12-55)5-7-26(27)29(21-66-42)41(63)67-32-8-6-24(17-56)30(32)22-72-74-37/h2,4-5,7,16,21,24-27,30-35,37-39,42-43,49,55-60,64-65H,3,6,8-15,17-20,22H2,1H3,(H,61,62)(H3,47,51,52)(H3,48,50,53)/b4-2?,7-5+/t24-,25+,26+,27-,30+,31-,32-,33-,34-,35-,37-,38-,39+,42+,43+/m1/s1. The number of ether oxygens (including phenoxy) is 5. The highest BCUT2D eigenvalue weighted by molar-refractivity contribution is 8.78. The number of likely N-dealkylation sites (N-methyl/N-ethyl adjacent to an activating group) is 1. The minimum atomic E-state index is -3.12. The third-order valence-corrected chi connectivity index (χ3v) is 20.0. The number of aliphatic hydroxyl groups excluding tert-OH is 6. The van der Waals surface area contributed by atoms with Crippen LogP contribution in [0.3, 0.4) is 0 Å². The van der Waals surface area contributed by atoms with E-state index in [4.69, 9.17) is 35.2 Å². The van der Waals surface area contributed by atoms with Crippen molar-refractivity contribution in [2.75, 3.05) is 71.2 Å². The molecule has 0 aromatic carbocycles. The topological polar surface area (TPSA) is 378 Å². The SMILES string of the molecule is CN[C@@H](CO)O[C@H]1[C@H](O[C@@H]2OC=C3C(=O)O[C@@H]4CC[C@H](CO)[C@@H]4CSS[C@@H]4[C@@H](CO)N5C=C(C(=O)O)C(NC(N)=NCCCO)=C(/C=C/[C@H]3[C@H]2C=CCSS[C@@H]4C[C@@H]2CCN=C(N)N2)C5)O[C@H](CO)[C@@H](O)C1(O)O. The molecule has 24 nitrogen and oxygen atoms in total. The summed E-state index contributed by atoms with van der Waals surface area (Å²) in [5.74, 6) is -6.69. The lowest BCUT2D eigenvalue weighted by atomic mass is 9.82. The van der Waals surface area contributed by atoms with E-state index >= 15 is 0 Å². The van der Waals surface area contributed by atoms with Crippen molar-refractivity contribution in [3.63, 3.8) is 0 Å². The number of carbonyl (C=O) groups excluding carboxylic acids is 1. The summed E-state index contributed by atoms with van der Waals surface area (Å²) in [6, 6.07) is -0.790. The number of carbonyl (C=O) groups is 2. The second-order valence-electron chi connectivity index (χ2n) is 18.7. The summed E-state index contributed by atoms with van der Waals surface area (Å²) in [6.45, 7) is -1.56. The average Bonchev–Trinajstić information content (AvgIpc) is 3.76. The van der Waals surface area contributed by atoms with Crippen LogP contribution in [0, 0.1) is 23.7 Å². The Kier molecular flexibility index (Phi) is 21.6. The number of fused-ring (bicyclic) bond motifs is 2. The van der Waals surface area contributed by atoms with E-state index < -0.39 is 97.3 Å². The Morgan fingerprint density at radius 2 is 1.91 bits per heavy atom. The maximum Gasteiger partial charge on any atom is 0.339 e. The average molecular weight is 1120 g/mol. The Labute approximate surface area is 444 Å². The first-order valence-electron chi connectivity index (χ1n) is 24.5. The van der Waals surface area contributed by atoms with Crippen molar-refractivity contribution >= 4 is 67.0 Å². The molecule has 1 saturated heterocycles. The fourth-order valence-electron chi connectivity index (χ4n) is 9.99. The monoisotopic (exact) mass is 1120 g/mol. The van der Waals surface area contributed by atoms with Crippen molar-refractivity contribution in [1.29, 1.82) is 0 Å². The number of allylic oxidation sites excluding steroid dienone is 1. The van der Waals surface area contributed by atoms with Gasteiger partial charge in [0.1, 0.15) is 24.5 Å². The molecule has 28 heteroatoms.